The van der Waals surface area contributed by atoms with Crippen LogP contribution in [0.3, 0.4) is 0 Å². The molecule has 0 atom stereocenters. The molecule has 1 N–H and O–H groups in total. The number of nitriles is 1. The van der Waals surface area contributed by atoms with Crippen molar-refractivity contribution in [2.24, 2.45) is 0 Å². The van der Waals surface area contributed by atoms with Crippen LogP contribution >= 0.6 is 0 Å². The first-order valence-electron chi connectivity index (χ1n) is 5.36. The average Bonchev–Trinajstić information content (AvgIpc) is 2.42. The van der Waals surface area contributed by atoms with Crippen LogP contribution in [0.25, 0.3) is 6.08 Å². The third-order valence-electron chi connectivity index (χ3n) is 2.20. The van der Waals surface area contributed by atoms with Crippen LogP contribution in [0, 0.1) is 11.3 Å². The van der Waals surface area contributed by atoms with Gasteiger partial charge in [0.15, 0.2) is 0 Å². The number of ether oxygens (including phenoxy) is 1. The second-order valence-electron chi connectivity index (χ2n) is 3.44. The summed E-state index contributed by atoms with van der Waals surface area (Å²) in [6, 6.07) is 8.95. The third-order valence-corrected chi connectivity index (χ3v) is 2.20. The monoisotopic (exact) mass is 242 g/mol. The van der Waals surface area contributed by atoms with Gasteiger partial charge < -0.3 is 10.1 Å². The Hall–Kier alpha value is -2.54. The van der Waals surface area contributed by atoms with E-state index < -0.39 is 5.91 Å². The molecule has 1 aromatic rings. The molecule has 0 bridgehead atoms. The van der Waals surface area contributed by atoms with E-state index in [-0.39, 0.29) is 5.57 Å². The highest BCUT2D eigenvalue weighted by atomic mass is 16.5. The maximum atomic E-state index is 11.6. The maximum Gasteiger partial charge on any atom is 0.262 e. The fourth-order valence-corrected chi connectivity index (χ4v) is 1.28. The largest absolute Gasteiger partial charge is 0.497 e. The van der Waals surface area contributed by atoms with Crippen LogP contribution in [0.5, 0.6) is 5.75 Å². The number of hydrogen-bond donors (Lipinski definition) is 1. The van der Waals surface area contributed by atoms with E-state index in [0.717, 1.165) is 11.3 Å². The van der Waals surface area contributed by atoms with E-state index in [1.165, 1.54) is 6.08 Å². The zero-order valence-electron chi connectivity index (χ0n) is 10.1. The summed E-state index contributed by atoms with van der Waals surface area (Å²) in [5.41, 5.74) is 0.822. The normalized spacial score (nSPS) is 10.3. The van der Waals surface area contributed by atoms with Crippen molar-refractivity contribution in [2.75, 3.05) is 13.7 Å². The summed E-state index contributed by atoms with van der Waals surface area (Å²) in [6.45, 7) is 3.82. The number of nitrogens with one attached hydrogen (secondary N) is 1. The standard InChI is InChI=1S/C14H14N2O2/c1-3-8-16-14(17)12(10-15)9-11-4-6-13(18-2)7-5-11/h3-7,9H,1,8H2,2H3,(H,16,17)/b12-9-. The van der Waals surface area contributed by atoms with Gasteiger partial charge in [-0.1, -0.05) is 18.2 Å². The average molecular weight is 242 g/mol. The van der Waals surface area contributed by atoms with Gasteiger partial charge in [-0.05, 0) is 23.8 Å². The summed E-state index contributed by atoms with van der Waals surface area (Å²) >= 11 is 0. The Morgan fingerprint density at radius 1 is 1.50 bits per heavy atom. The van der Waals surface area contributed by atoms with Gasteiger partial charge >= 0.3 is 0 Å². The van der Waals surface area contributed by atoms with Gasteiger partial charge in [-0.25, -0.2) is 0 Å². The van der Waals surface area contributed by atoms with Gasteiger partial charge in [-0.15, -0.1) is 6.58 Å². The lowest BCUT2D eigenvalue weighted by Gasteiger charge is -2.02. The molecule has 0 saturated carbocycles. The van der Waals surface area contributed by atoms with Crippen molar-refractivity contribution >= 4 is 12.0 Å². The van der Waals surface area contributed by atoms with E-state index in [9.17, 15) is 4.79 Å². The molecule has 92 valence electrons. The van der Waals surface area contributed by atoms with Crippen LogP contribution in [-0.2, 0) is 4.79 Å². The molecule has 0 aliphatic carbocycles. The number of carbonyl (C=O) groups excluding carboxylic acids is 1. The highest BCUT2D eigenvalue weighted by Crippen LogP contribution is 2.13. The number of methoxy groups -OCH3 is 1. The molecular formula is C14H14N2O2. The van der Waals surface area contributed by atoms with Gasteiger partial charge in [0.05, 0.1) is 7.11 Å². The van der Waals surface area contributed by atoms with Crippen LogP contribution in [0.15, 0.2) is 42.5 Å². The van der Waals surface area contributed by atoms with Gasteiger partial charge in [0.2, 0.25) is 0 Å². The molecule has 1 amide bonds. The maximum absolute atomic E-state index is 11.6. The molecule has 0 saturated heterocycles. The predicted octanol–water partition coefficient (Wildman–Crippen LogP) is 1.90. The number of amides is 1. The molecule has 18 heavy (non-hydrogen) atoms. The smallest absolute Gasteiger partial charge is 0.262 e. The van der Waals surface area contributed by atoms with E-state index >= 15 is 0 Å². The summed E-state index contributed by atoms with van der Waals surface area (Å²) in [5, 5.41) is 11.5. The quantitative estimate of drug-likeness (QED) is 0.487. The molecule has 0 spiro atoms. The van der Waals surface area contributed by atoms with Crippen molar-refractivity contribution in [3.05, 3.63) is 48.1 Å². The minimum absolute atomic E-state index is 0.0574. The molecular weight excluding hydrogens is 228 g/mol. The second kappa shape index (κ2) is 6.92. The second-order valence-corrected chi connectivity index (χ2v) is 3.44. The fraction of sp³-hybridized carbons (Fsp3) is 0.143. The molecule has 0 fully saturated rings. The highest BCUT2D eigenvalue weighted by Gasteiger charge is 2.07. The minimum Gasteiger partial charge on any atom is -0.497 e. The fourth-order valence-electron chi connectivity index (χ4n) is 1.28. The van der Waals surface area contributed by atoms with E-state index in [4.69, 9.17) is 10.00 Å². The Balaban J connectivity index is 2.86. The summed E-state index contributed by atoms with van der Waals surface area (Å²) in [7, 11) is 1.58. The molecule has 0 radical (unpaired) electrons. The molecule has 0 unspecified atom stereocenters. The Morgan fingerprint density at radius 2 is 2.17 bits per heavy atom. The van der Waals surface area contributed by atoms with Gasteiger partial charge in [0.25, 0.3) is 5.91 Å². The SMILES string of the molecule is C=CCNC(=O)/C(C#N)=C\c1ccc(OC)cc1. The van der Waals surface area contributed by atoms with Crippen molar-refractivity contribution < 1.29 is 9.53 Å². The summed E-state index contributed by atoms with van der Waals surface area (Å²) in [6.07, 6.45) is 3.08. The summed E-state index contributed by atoms with van der Waals surface area (Å²) in [4.78, 5) is 11.6. The van der Waals surface area contributed by atoms with Gasteiger partial charge in [-0.3, -0.25) is 4.79 Å². The molecule has 1 rings (SSSR count). The van der Waals surface area contributed by atoms with Crippen LogP contribution in [0.2, 0.25) is 0 Å². The topological polar surface area (TPSA) is 62.1 Å². The minimum atomic E-state index is -0.409. The number of benzene rings is 1. The molecule has 4 nitrogen and oxygen atoms in total. The lowest BCUT2D eigenvalue weighted by Crippen LogP contribution is -2.24. The summed E-state index contributed by atoms with van der Waals surface area (Å²) < 4.78 is 5.02. The van der Waals surface area contributed by atoms with Crippen LogP contribution in [0.1, 0.15) is 5.56 Å². The van der Waals surface area contributed by atoms with Crippen LogP contribution < -0.4 is 10.1 Å². The number of carbonyl (C=O) groups is 1. The van der Waals surface area contributed by atoms with Crippen LogP contribution in [0.4, 0.5) is 0 Å². The van der Waals surface area contributed by atoms with Crippen LogP contribution in [-0.4, -0.2) is 19.6 Å². The van der Waals surface area contributed by atoms with Crippen molar-refractivity contribution in [3.8, 4) is 11.8 Å². The third kappa shape index (κ3) is 3.80. The first-order valence-corrected chi connectivity index (χ1v) is 5.36. The predicted molar refractivity (Wildman–Crippen MR) is 69.8 cm³/mol. The lowest BCUT2D eigenvalue weighted by atomic mass is 10.1. The van der Waals surface area contributed by atoms with Gasteiger partial charge in [-0.2, -0.15) is 5.26 Å². The van der Waals surface area contributed by atoms with E-state index in [0.29, 0.717) is 6.54 Å². The van der Waals surface area contributed by atoms with E-state index in [1.807, 2.05) is 6.07 Å². The summed E-state index contributed by atoms with van der Waals surface area (Å²) in [5.74, 6) is 0.315. The first kappa shape index (κ1) is 13.5. The van der Waals surface area contributed by atoms with Crippen molar-refractivity contribution in [1.82, 2.24) is 5.32 Å². The van der Waals surface area contributed by atoms with E-state index in [1.54, 1.807) is 37.5 Å². The van der Waals surface area contributed by atoms with Crippen molar-refractivity contribution in [3.63, 3.8) is 0 Å². The molecule has 0 aliphatic rings. The first-order chi connectivity index (χ1) is 8.71. The molecule has 0 aromatic heterocycles. The highest BCUT2D eigenvalue weighted by molar-refractivity contribution is 6.01. The Kier molecular flexibility index (Phi) is 5.20. The van der Waals surface area contributed by atoms with E-state index in [2.05, 4.69) is 11.9 Å². The molecule has 0 heterocycles. The number of hydrogen-bond acceptors (Lipinski definition) is 3. The zero-order valence-corrected chi connectivity index (χ0v) is 10.1. The number of rotatable bonds is 5. The Morgan fingerprint density at radius 3 is 2.67 bits per heavy atom. The Bertz CT molecular complexity index is 496. The Labute approximate surface area is 106 Å². The number of nitrogens with zero attached hydrogens (tertiary/aromatic N) is 1. The zero-order chi connectivity index (χ0) is 13.4. The lowest BCUT2D eigenvalue weighted by molar-refractivity contribution is -0.116. The van der Waals surface area contributed by atoms with Crippen molar-refractivity contribution in [2.45, 2.75) is 0 Å². The molecule has 1 aromatic carbocycles. The van der Waals surface area contributed by atoms with Crippen molar-refractivity contribution in [1.29, 1.82) is 5.26 Å². The van der Waals surface area contributed by atoms with Gasteiger partial charge in [0, 0.05) is 6.54 Å². The molecule has 0 aliphatic heterocycles. The molecule has 4 heteroatoms. The van der Waals surface area contributed by atoms with Gasteiger partial charge in [0.1, 0.15) is 17.4 Å².